The van der Waals surface area contributed by atoms with Gasteiger partial charge < -0.3 is 13.6 Å². The fourth-order valence-electron chi connectivity index (χ4n) is 2.42. The van der Waals surface area contributed by atoms with E-state index in [-0.39, 0.29) is 5.97 Å². The second-order valence-electron chi connectivity index (χ2n) is 5.46. The summed E-state index contributed by atoms with van der Waals surface area (Å²) in [6, 6.07) is 7.73. The normalized spacial score (nSPS) is 11.6. The second-order valence-corrected chi connectivity index (χ2v) is 5.46. The molecular formula is C17H22O4. The van der Waals surface area contributed by atoms with Crippen molar-refractivity contribution in [3.05, 3.63) is 47.3 Å². The molecule has 4 nitrogen and oxygen atoms in total. The van der Waals surface area contributed by atoms with E-state index in [0.29, 0.717) is 19.4 Å². The first-order chi connectivity index (χ1) is 9.95. The molecule has 0 aliphatic heterocycles. The summed E-state index contributed by atoms with van der Waals surface area (Å²) in [4.78, 5) is 11.7. The van der Waals surface area contributed by atoms with Crippen molar-refractivity contribution in [1.82, 2.24) is 0 Å². The first-order valence-corrected chi connectivity index (χ1v) is 7.25. The average Bonchev–Trinajstić information content (AvgIpc) is 3.06. The van der Waals surface area contributed by atoms with E-state index in [9.17, 15) is 4.79 Å². The number of carbonyl (C=O) groups excluding carboxylic acids is 1. The number of carbonyl (C=O) groups is 1. The topological polar surface area (TPSA) is 52.6 Å². The Kier molecular flexibility index (Phi) is 4.56. The number of aryl methyl sites for hydroxylation is 2. The molecule has 2 aromatic heterocycles. The molecule has 0 aliphatic rings. The molecule has 0 aromatic carbocycles. The summed E-state index contributed by atoms with van der Waals surface area (Å²) in [5.41, 5.74) is -0.477. The number of hydrogen-bond donors (Lipinski definition) is 0. The summed E-state index contributed by atoms with van der Waals surface area (Å²) in [5.74, 6) is 3.10. The maximum Gasteiger partial charge on any atom is 0.305 e. The van der Waals surface area contributed by atoms with E-state index in [1.165, 1.54) is 0 Å². The van der Waals surface area contributed by atoms with Crippen molar-refractivity contribution in [3.8, 4) is 0 Å². The molecule has 0 radical (unpaired) electrons. The third-order valence-corrected chi connectivity index (χ3v) is 3.70. The van der Waals surface area contributed by atoms with Crippen LogP contribution in [-0.2, 0) is 14.9 Å². The van der Waals surface area contributed by atoms with Crippen LogP contribution >= 0.6 is 0 Å². The SMILES string of the molecule is CCOC(=O)CCC(C)(c1ccc(C)o1)c1ccc(C)o1. The smallest absolute Gasteiger partial charge is 0.305 e. The van der Waals surface area contributed by atoms with E-state index in [2.05, 4.69) is 0 Å². The van der Waals surface area contributed by atoms with Gasteiger partial charge in [-0.25, -0.2) is 0 Å². The van der Waals surface area contributed by atoms with Gasteiger partial charge in [0.1, 0.15) is 23.0 Å². The van der Waals surface area contributed by atoms with Gasteiger partial charge in [0.15, 0.2) is 0 Å². The zero-order valence-electron chi connectivity index (χ0n) is 13.1. The summed E-state index contributed by atoms with van der Waals surface area (Å²) in [5, 5.41) is 0. The lowest BCUT2D eigenvalue weighted by molar-refractivity contribution is -0.143. The Morgan fingerprint density at radius 3 is 2.00 bits per heavy atom. The van der Waals surface area contributed by atoms with Crippen LogP contribution in [0.3, 0.4) is 0 Å². The van der Waals surface area contributed by atoms with Gasteiger partial charge in [0.05, 0.1) is 12.0 Å². The van der Waals surface area contributed by atoms with Crippen molar-refractivity contribution in [1.29, 1.82) is 0 Å². The van der Waals surface area contributed by atoms with Gasteiger partial charge in [0.25, 0.3) is 0 Å². The van der Waals surface area contributed by atoms with Crippen LogP contribution in [-0.4, -0.2) is 12.6 Å². The van der Waals surface area contributed by atoms with Gasteiger partial charge in [-0.1, -0.05) is 0 Å². The molecule has 0 unspecified atom stereocenters. The minimum absolute atomic E-state index is 0.199. The van der Waals surface area contributed by atoms with Crippen LogP contribution < -0.4 is 0 Å². The fourth-order valence-corrected chi connectivity index (χ4v) is 2.42. The van der Waals surface area contributed by atoms with Gasteiger partial charge >= 0.3 is 5.97 Å². The Labute approximate surface area is 125 Å². The van der Waals surface area contributed by atoms with Crippen LogP contribution in [0.4, 0.5) is 0 Å². The minimum Gasteiger partial charge on any atom is -0.466 e. The van der Waals surface area contributed by atoms with E-state index in [0.717, 1.165) is 23.0 Å². The summed E-state index contributed by atoms with van der Waals surface area (Å²) < 4.78 is 16.6. The fraction of sp³-hybridized carbons (Fsp3) is 0.471. The summed E-state index contributed by atoms with van der Waals surface area (Å²) in [6.45, 7) is 8.05. The van der Waals surface area contributed by atoms with E-state index < -0.39 is 5.41 Å². The Balaban J connectivity index is 2.28. The van der Waals surface area contributed by atoms with Crippen molar-refractivity contribution in [2.45, 2.75) is 46.0 Å². The highest BCUT2D eigenvalue weighted by Gasteiger charge is 2.35. The van der Waals surface area contributed by atoms with Gasteiger partial charge in [0, 0.05) is 6.42 Å². The first kappa shape index (κ1) is 15.4. The van der Waals surface area contributed by atoms with Crippen LogP contribution in [0.2, 0.25) is 0 Å². The number of hydrogen-bond acceptors (Lipinski definition) is 4. The van der Waals surface area contributed by atoms with Crippen molar-refractivity contribution in [2.75, 3.05) is 6.61 Å². The molecule has 0 fully saturated rings. The summed E-state index contributed by atoms with van der Waals surface area (Å²) in [6.07, 6.45) is 0.898. The molecule has 0 bridgehead atoms. The quantitative estimate of drug-likeness (QED) is 0.750. The molecule has 2 rings (SSSR count). The molecule has 0 atom stereocenters. The van der Waals surface area contributed by atoms with Crippen molar-refractivity contribution in [2.24, 2.45) is 0 Å². The highest BCUT2D eigenvalue weighted by Crippen LogP contribution is 2.38. The lowest BCUT2D eigenvalue weighted by Crippen LogP contribution is -2.24. The molecule has 114 valence electrons. The first-order valence-electron chi connectivity index (χ1n) is 7.25. The standard InChI is InChI=1S/C17H22O4/c1-5-19-16(18)10-11-17(4,14-8-6-12(2)20-14)15-9-7-13(3)21-15/h6-9H,5,10-11H2,1-4H3. The lowest BCUT2D eigenvalue weighted by atomic mass is 9.80. The maximum atomic E-state index is 11.7. The predicted octanol–water partition coefficient (Wildman–Crippen LogP) is 4.14. The summed E-state index contributed by atoms with van der Waals surface area (Å²) >= 11 is 0. The van der Waals surface area contributed by atoms with E-state index in [1.807, 2.05) is 52.0 Å². The van der Waals surface area contributed by atoms with Gasteiger partial charge in [0.2, 0.25) is 0 Å². The van der Waals surface area contributed by atoms with E-state index >= 15 is 0 Å². The molecule has 2 heterocycles. The highest BCUT2D eigenvalue weighted by atomic mass is 16.5. The third kappa shape index (κ3) is 3.38. The molecule has 0 amide bonds. The number of rotatable bonds is 6. The largest absolute Gasteiger partial charge is 0.466 e. The number of furan rings is 2. The van der Waals surface area contributed by atoms with Crippen LogP contribution in [0, 0.1) is 13.8 Å². The highest BCUT2D eigenvalue weighted by molar-refractivity contribution is 5.69. The molecule has 0 saturated heterocycles. The predicted molar refractivity (Wildman–Crippen MR) is 79.2 cm³/mol. The molecule has 0 spiro atoms. The minimum atomic E-state index is -0.477. The lowest BCUT2D eigenvalue weighted by Gasteiger charge is -2.25. The van der Waals surface area contributed by atoms with Gasteiger partial charge in [-0.15, -0.1) is 0 Å². The van der Waals surface area contributed by atoms with Crippen LogP contribution in [0.1, 0.15) is 49.7 Å². The second kappa shape index (κ2) is 6.20. The summed E-state index contributed by atoms with van der Waals surface area (Å²) in [7, 11) is 0. The molecular weight excluding hydrogens is 268 g/mol. The maximum absolute atomic E-state index is 11.7. The van der Waals surface area contributed by atoms with Crippen molar-refractivity contribution in [3.63, 3.8) is 0 Å². The van der Waals surface area contributed by atoms with E-state index in [1.54, 1.807) is 0 Å². The monoisotopic (exact) mass is 290 g/mol. The zero-order chi connectivity index (χ0) is 15.5. The Morgan fingerprint density at radius 1 is 1.10 bits per heavy atom. The molecule has 21 heavy (non-hydrogen) atoms. The number of ether oxygens (including phenoxy) is 1. The zero-order valence-corrected chi connectivity index (χ0v) is 13.1. The van der Waals surface area contributed by atoms with Crippen LogP contribution in [0.25, 0.3) is 0 Å². The molecule has 0 saturated carbocycles. The van der Waals surface area contributed by atoms with Crippen LogP contribution in [0.15, 0.2) is 33.1 Å². The van der Waals surface area contributed by atoms with Crippen molar-refractivity contribution >= 4 is 5.97 Å². The third-order valence-electron chi connectivity index (χ3n) is 3.70. The van der Waals surface area contributed by atoms with Crippen LogP contribution in [0.5, 0.6) is 0 Å². The van der Waals surface area contributed by atoms with E-state index in [4.69, 9.17) is 13.6 Å². The van der Waals surface area contributed by atoms with Gasteiger partial charge in [-0.2, -0.15) is 0 Å². The molecule has 0 N–H and O–H groups in total. The van der Waals surface area contributed by atoms with Crippen molar-refractivity contribution < 1.29 is 18.4 Å². The molecule has 2 aromatic rings. The van der Waals surface area contributed by atoms with Gasteiger partial charge in [-0.05, 0) is 58.4 Å². The average molecular weight is 290 g/mol. The number of esters is 1. The van der Waals surface area contributed by atoms with Gasteiger partial charge in [-0.3, -0.25) is 4.79 Å². The Hall–Kier alpha value is -1.97. The molecule has 0 aliphatic carbocycles. The Bertz CT molecular complexity index is 566. The Morgan fingerprint density at radius 2 is 1.62 bits per heavy atom. The molecule has 4 heteroatoms.